The van der Waals surface area contributed by atoms with E-state index in [-0.39, 0.29) is 11.4 Å². The van der Waals surface area contributed by atoms with Gasteiger partial charge < -0.3 is 5.73 Å². The minimum Gasteiger partial charge on any atom is -0.325 e. The molecule has 2 bridgehead atoms. The first-order valence-corrected chi connectivity index (χ1v) is 6.19. The highest BCUT2D eigenvalue weighted by atomic mass is 19.1. The highest BCUT2D eigenvalue weighted by Crippen LogP contribution is 2.50. The Kier molecular flexibility index (Phi) is 2.28. The second-order valence-corrected chi connectivity index (χ2v) is 5.62. The van der Waals surface area contributed by atoms with Crippen LogP contribution in [0.3, 0.4) is 0 Å². The predicted octanol–water partition coefficient (Wildman–Crippen LogP) is 2.89. The van der Waals surface area contributed by atoms with E-state index in [0.29, 0.717) is 5.92 Å². The summed E-state index contributed by atoms with van der Waals surface area (Å²) in [6.07, 6.45) is 5.90. The van der Waals surface area contributed by atoms with Crippen LogP contribution in [-0.4, -0.2) is 5.54 Å². The molecule has 86 valence electrons. The molecule has 0 radical (unpaired) electrons. The zero-order valence-corrected chi connectivity index (χ0v) is 9.45. The summed E-state index contributed by atoms with van der Waals surface area (Å²) in [6, 6.07) is 6.89. The van der Waals surface area contributed by atoms with Crippen molar-refractivity contribution in [2.24, 2.45) is 17.6 Å². The van der Waals surface area contributed by atoms with Crippen molar-refractivity contribution in [1.29, 1.82) is 0 Å². The van der Waals surface area contributed by atoms with Crippen LogP contribution in [0.15, 0.2) is 24.3 Å². The van der Waals surface area contributed by atoms with Crippen molar-refractivity contribution in [2.75, 3.05) is 0 Å². The Bertz CT molecular complexity index is 403. The van der Waals surface area contributed by atoms with Gasteiger partial charge in [0.05, 0.1) is 0 Å². The molecule has 2 aliphatic carbocycles. The topological polar surface area (TPSA) is 26.0 Å². The van der Waals surface area contributed by atoms with E-state index in [0.717, 1.165) is 24.3 Å². The van der Waals surface area contributed by atoms with E-state index >= 15 is 0 Å². The van der Waals surface area contributed by atoms with Gasteiger partial charge in [0.1, 0.15) is 5.82 Å². The number of halogens is 1. The van der Waals surface area contributed by atoms with Crippen LogP contribution in [0.1, 0.15) is 31.2 Å². The molecule has 2 N–H and O–H groups in total. The molecular weight excluding hydrogens is 201 g/mol. The Labute approximate surface area is 95.8 Å². The van der Waals surface area contributed by atoms with Crippen molar-refractivity contribution < 1.29 is 4.39 Å². The molecule has 3 unspecified atom stereocenters. The van der Waals surface area contributed by atoms with Crippen molar-refractivity contribution in [3.8, 4) is 0 Å². The first-order valence-electron chi connectivity index (χ1n) is 6.19. The maximum absolute atomic E-state index is 13.1. The summed E-state index contributed by atoms with van der Waals surface area (Å²) >= 11 is 0. The first kappa shape index (κ1) is 10.3. The minimum atomic E-state index is -0.149. The lowest BCUT2D eigenvalue weighted by Crippen LogP contribution is -2.46. The lowest BCUT2D eigenvalue weighted by molar-refractivity contribution is 0.269. The zero-order valence-electron chi connectivity index (χ0n) is 9.45. The number of rotatable bonds is 2. The molecule has 1 nitrogen and oxygen atoms in total. The fourth-order valence-electron chi connectivity index (χ4n) is 3.73. The van der Waals surface area contributed by atoms with Crippen molar-refractivity contribution in [3.05, 3.63) is 35.6 Å². The van der Waals surface area contributed by atoms with Crippen molar-refractivity contribution in [2.45, 2.75) is 37.6 Å². The summed E-state index contributed by atoms with van der Waals surface area (Å²) in [5, 5.41) is 0. The highest BCUT2D eigenvalue weighted by Gasteiger charge is 2.48. The molecule has 3 atom stereocenters. The molecule has 0 aromatic heterocycles. The quantitative estimate of drug-likeness (QED) is 0.813. The number of benzene rings is 1. The van der Waals surface area contributed by atoms with Gasteiger partial charge in [0.25, 0.3) is 0 Å². The molecule has 0 amide bonds. The Morgan fingerprint density at radius 2 is 2.25 bits per heavy atom. The Morgan fingerprint density at radius 1 is 1.38 bits per heavy atom. The monoisotopic (exact) mass is 219 g/mol. The van der Waals surface area contributed by atoms with E-state index < -0.39 is 0 Å². The summed E-state index contributed by atoms with van der Waals surface area (Å²) in [4.78, 5) is 0. The molecule has 0 saturated heterocycles. The molecule has 2 saturated carbocycles. The third kappa shape index (κ3) is 1.65. The van der Waals surface area contributed by atoms with Gasteiger partial charge in [-0.1, -0.05) is 18.6 Å². The summed E-state index contributed by atoms with van der Waals surface area (Å²) in [5.74, 6) is 1.36. The summed E-state index contributed by atoms with van der Waals surface area (Å²) in [7, 11) is 0. The summed E-state index contributed by atoms with van der Waals surface area (Å²) < 4.78 is 13.1. The van der Waals surface area contributed by atoms with Crippen LogP contribution in [0.5, 0.6) is 0 Å². The van der Waals surface area contributed by atoms with Gasteiger partial charge in [0.2, 0.25) is 0 Å². The Hall–Kier alpha value is -0.890. The van der Waals surface area contributed by atoms with Gasteiger partial charge in [-0.05, 0) is 55.2 Å². The molecule has 2 heteroatoms. The van der Waals surface area contributed by atoms with Gasteiger partial charge in [-0.2, -0.15) is 0 Å². The van der Waals surface area contributed by atoms with Gasteiger partial charge in [-0.15, -0.1) is 0 Å². The predicted molar refractivity (Wildman–Crippen MR) is 62.5 cm³/mol. The standard InChI is InChI=1S/C14H18FN/c15-13-3-1-2-10(7-13)8-14(16)9-11-4-5-12(14)6-11/h1-3,7,11-12H,4-6,8-9,16H2. The van der Waals surface area contributed by atoms with Crippen LogP contribution in [0, 0.1) is 17.7 Å². The average molecular weight is 219 g/mol. The molecule has 3 rings (SSSR count). The van der Waals surface area contributed by atoms with E-state index in [4.69, 9.17) is 5.73 Å². The Morgan fingerprint density at radius 3 is 2.88 bits per heavy atom. The van der Waals surface area contributed by atoms with Crippen LogP contribution in [0.4, 0.5) is 4.39 Å². The Balaban J connectivity index is 1.79. The van der Waals surface area contributed by atoms with E-state index in [1.807, 2.05) is 6.07 Å². The fraction of sp³-hybridized carbons (Fsp3) is 0.571. The highest BCUT2D eigenvalue weighted by molar-refractivity contribution is 5.21. The van der Waals surface area contributed by atoms with Crippen LogP contribution >= 0.6 is 0 Å². The third-order valence-corrected chi connectivity index (χ3v) is 4.45. The molecule has 0 spiro atoms. The molecule has 1 aromatic carbocycles. The van der Waals surface area contributed by atoms with E-state index in [1.54, 1.807) is 12.1 Å². The second-order valence-electron chi connectivity index (χ2n) is 5.62. The normalized spacial score (nSPS) is 36.9. The van der Waals surface area contributed by atoms with Gasteiger partial charge >= 0.3 is 0 Å². The summed E-state index contributed by atoms with van der Waals surface area (Å²) in [6.45, 7) is 0. The molecule has 2 aliphatic rings. The SMILES string of the molecule is NC1(Cc2cccc(F)c2)CC2CCC1C2. The molecule has 0 heterocycles. The number of fused-ring (bicyclic) bond motifs is 2. The largest absolute Gasteiger partial charge is 0.325 e. The lowest BCUT2D eigenvalue weighted by atomic mass is 9.77. The maximum atomic E-state index is 13.1. The van der Waals surface area contributed by atoms with Crippen LogP contribution in [0.25, 0.3) is 0 Å². The van der Waals surface area contributed by atoms with Gasteiger partial charge in [0.15, 0.2) is 0 Å². The smallest absolute Gasteiger partial charge is 0.123 e. The average Bonchev–Trinajstić information content (AvgIpc) is 2.76. The first-order chi connectivity index (χ1) is 7.66. The molecular formula is C14H18FN. The lowest BCUT2D eigenvalue weighted by Gasteiger charge is -2.34. The van der Waals surface area contributed by atoms with Crippen molar-refractivity contribution in [3.63, 3.8) is 0 Å². The van der Waals surface area contributed by atoms with E-state index in [1.165, 1.54) is 25.3 Å². The van der Waals surface area contributed by atoms with Crippen molar-refractivity contribution in [1.82, 2.24) is 0 Å². The second kappa shape index (κ2) is 3.56. The number of nitrogens with two attached hydrogens (primary N) is 1. The number of hydrogen-bond donors (Lipinski definition) is 1. The zero-order chi connectivity index (χ0) is 11.2. The van der Waals surface area contributed by atoms with Crippen LogP contribution in [-0.2, 0) is 6.42 Å². The molecule has 0 aliphatic heterocycles. The van der Waals surface area contributed by atoms with E-state index in [9.17, 15) is 4.39 Å². The third-order valence-electron chi connectivity index (χ3n) is 4.45. The van der Waals surface area contributed by atoms with Gasteiger partial charge in [-0.25, -0.2) is 4.39 Å². The van der Waals surface area contributed by atoms with Crippen LogP contribution < -0.4 is 5.73 Å². The molecule has 2 fully saturated rings. The fourth-order valence-corrected chi connectivity index (χ4v) is 3.73. The van der Waals surface area contributed by atoms with Crippen molar-refractivity contribution >= 4 is 0 Å². The molecule has 16 heavy (non-hydrogen) atoms. The van der Waals surface area contributed by atoms with Gasteiger partial charge in [-0.3, -0.25) is 0 Å². The van der Waals surface area contributed by atoms with E-state index in [2.05, 4.69) is 0 Å². The van der Waals surface area contributed by atoms with Crippen LogP contribution in [0.2, 0.25) is 0 Å². The minimum absolute atomic E-state index is 0.0588. The van der Waals surface area contributed by atoms with Gasteiger partial charge in [0, 0.05) is 5.54 Å². The summed E-state index contributed by atoms with van der Waals surface area (Å²) in [5.41, 5.74) is 7.50. The maximum Gasteiger partial charge on any atom is 0.123 e. The molecule has 1 aromatic rings. The number of hydrogen-bond acceptors (Lipinski definition) is 1.